The molecule has 1 unspecified atom stereocenters. The van der Waals surface area contributed by atoms with Gasteiger partial charge in [0.05, 0.1) is 29.9 Å². The van der Waals surface area contributed by atoms with Gasteiger partial charge >= 0.3 is 18.2 Å². The Bertz CT molecular complexity index is 2680. The SMILES string of the molecule is CC1=C2C[C@H]3[C@@H](CC[C@@H]4CC(=O)CC[C@@]43C)[C@@H]2CC[C@@]2(C1)O[C@@H]1C[C@H](C)CN(C(=O)OCc3ccccc3)[C@H]1[C@H]2C.CC1=C2C[C@H]3[C@@H](CC[C@@H]4CC(=O)CC[C@@]43C)[C@@H]2CC[C@@]2(C1)O[C@@H]1C[C@H](C)C[NH2+][C@H]1[C@H]2C.CCC(C)(O)C(=O)O.O=C=O. The van der Waals surface area contributed by atoms with Crippen LogP contribution in [-0.4, -0.2) is 99.1 Å². The third-order valence-electron chi connectivity index (χ3n) is 25.8. The molecule has 83 heavy (non-hydrogen) atoms. The van der Waals surface area contributed by atoms with Crippen LogP contribution in [0.1, 0.15) is 210 Å². The largest absolute Gasteiger partial charge is 0.479 e. The van der Waals surface area contributed by atoms with Gasteiger partial charge in [0, 0.05) is 50.0 Å². The maximum absolute atomic E-state index is 13.5. The maximum atomic E-state index is 13.5. The van der Waals surface area contributed by atoms with E-state index in [1.54, 1.807) is 23.6 Å². The van der Waals surface area contributed by atoms with E-state index in [2.05, 4.69) is 60.7 Å². The standard InChI is InChI=1S/C36H49NO4.C28H43NO2.C5H10O3.CO2/c1-22-16-32-33(37(20-22)34(39)40-21-25-8-6-5-7-9-25)24(3)36(41-32)15-13-28-29-11-10-26-17-27(38)12-14-35(26,4)31(29)18-30(28)23(2)19-36;1-16-11-25-26(29-15-16)18(3)28(31-25)10-8-21-22-6-5-19-12-20(30)7-9-27(19,4)24(22)13-23(21)17(2)14-28;1-3-5(2,8)4(6)7;2-1-3/h5-9,22,24,26,28-29,31-33H,10-21H2,1-4H3;16,18-19,21-22,24-26,29H,5-15H2,1-4H3;8H,3H2,1-2H3,(H,6,7);/p+1/t22-,24+,26+,28-,29-,31-,32+,33-,35-,36-;16-,18+,19+,21-,22-,24-,25+,26-,27-,28-;;/m00../s1. The first-order valence-corrected chi connectivity index (χ1v) is 32.9. The first kappa shape index (κ1) is 62.1. The molecular weight excluding hydrogens is 1040 g/mol. The normalized spacial score (nSPS) is 43.6. The molecule has 13 nitrogen and oxygen atoms in total. The molecule has 12 aliphatic rings. The number of ether oxygens (including phenoxy) is 3. The summed E-state index contributed by atoms with van der Waals surface area (Å²) >= 11 is 0. The molecule has 4 heterocycles. The highest BCUT2D eigenvalue weighted by Gasteiger charge is 2.63. The molecule has 458 valence electrons. The number of amides is 1. The van der Waals surface area contributed by atoms with Gasteiger partial charge in [0.25, 0.3) is 0 Å². The molecule has 1 aromatic rings. The summed E-state index contributed by atoms with van der Waals surface area (Å²) in [5.41, 5.74) is 6.91. The minimum absolute atomic E-state index is 0.0760. The molecule has 4 aliphatic heterocycles. The lowest BCUT2D eigenvalue weighted by molar-refractivity contribution is -0.710. The predicted octanol–water partition coefficient (Wildman–Crippen LogP) is 12.0. The minimum Gasteiger partial charge on any atom is -0.479 e. The van der Waals surface area contributed by atoms with E-state index in [0.29, 0.717) is 70.7 Å². The fraction of sp³-hybridized carbons (Fsp3) is 0.786. The number of carbonyl (C=O) groups is 4. The number of Topliss-reactive ketones (excluding diaryl/α,β-unsaturated/α-hetero) is 2. The summed E-state index contributed by atoms with van der Waals surface area (Å²) in [4.78, 5) is 66.3. The van der Waals surface area contributed by atoms with E-state index in [1.165, 1.54) is 84.1 Å². The van der Waals surface area contributed by atoms with Crippen LogP contribution in [0, 0.1) is 81.8 Å². The molecule has 4 N–H and O–H groups in total. The molecule has 13 rings (SSSR count). The zero-order chi connectivity index (χ0) is 59.6. The van der Waals surface area contributed by atoms with Crippen molar-refractivity contribution in [2.75, 3.05) is 13.1 Å². The average molecular weight is 1150 g/mol. The molecule has 1 aromatic carbocycles. The van der Waals surface area contributed by atoms with Gasteiger partial charge < -0.3 is 34.6 Å². The number of likely N-dealkylation sites (tertiary alicyclic amines) is 1. The van der Waals surface area contributed by atoms with Gasteiger partial charge in [0.15, 0.2) is 5.60 Å². The topological polar surface area (TPSA) is 190 Å². The Hall–Kier alpha value is -4.00. The molecule has 0 bridgehead atoms. The second kappa shape index (κ2) is 24.3. The van der Waals surface area contributed by atoms with Crippen LogP contribution < -0.4 is 5.32 Å². The number of carboxylic acid groups (broad SMARTS) is 1. The number of carbonyl (C=O) groups excluding carboxylic acids is 5. The summed E-state index contributed by atoms with van der Waals surface area (Å²) in [5, 5.41) is 19.6. The average Bonchev–Trinajstić information content (AvgIpc) is 2.88. The number of aliphatic carboxylic acids is 1. The number of carboxylic acids is 1. The summed E-state index contributed by atoms with van der Waals surface area (Å²) in [7, 11) is 0. The van der Waals surface area contributed by atoms with Gasteiger partial charge in [0.1, 0.15) is 30.3 Å². The lowest BCUT2D eigenvalue weighted by atomic mass is 9.52. The van der Waals surface area contributed by atoms with Gasteiger partial charge in [-0.05, 0) is 200 Å². The van der Waals surface area contributed by atoms with Crippen molar-refractivity contribution >= 4 is 29.8 Å². The molecule has 6 saturated carbocycles. The number of hydrogen-bond acceptors (Lipinski definition) is 10. The van der Waals surface area contributed by atoms with Gasteiger partial charge in [0.2, 0.25) is 0 Å². The second-order valence-corrected chi connectivity index (χ2v) is 30.2. The van der Waals surface area contributed by atoms with Crippen LogP contribution in [0.25, 0.3) is 0 Å². The number of nitrogens with two attached hydrogens (primary N) is 1. The van der Waals surface area contributed by atoms with Gasteiger partial charge in [-0.3, -0.25) is 9.59 Å². The Balaban J connectivity index is 0.000000161. The van der Waals surface area contributed by atoms with Crippen molar-refractivity contribution in [1.29, 1.82) is 0 Å². The molecule has 2 spiro atoms. The van der Waals surface area contributed by atoms with Crippen molar-refractivity contribution in [2.45, 2.75) is 252 Å². The predicted molar refractivity (Wildman–Crippen MR) is 315 cm³/mol. The summed E-state index contributed by atoms with van der Waals surface area (Å²) in [6.07, 6.45) is 23.5. The zero-order valence-corrected chi connectivity index (χ0v) is 52.2. The quantitative estimate of drug-likeness (QED) is 0.243. The van der Waals surface area contributed by atoms with Gasteiger partial charge in [-0.15, -0.1) is 0 Å². The van der Waals surface area contributed by atoms with E-state index in [9.17, 15) is 19.2 Å². The molecule has 10 fully saturated rings. The highest BCUT2D eigenvalue weighted by Crippen LogP contribution is 2.67. The monoisotopic (exact) mass is 1150 g/mol. The Kier molecular flexibility index (Phi) is 18.2. The number of piperidine rings is 2. The van der Waals surface area contributed by atoms with Gasteiger partial charge in [-0.25, -0.2) is 9.59 Å². The van der Waals surface area contributed by atoms with E-state index in [0.717, 1.165) is 105 Å². The lowest BCUT2D eigenvalue weighted by Gasteiger charge is -2.52. The maximum Gasteiger partial charge on any atom is 0.410 e. The lowest BCUT2D eigenvalue weighted by Crippen LogP contribution is -2.96. The number of nitrogens with zero attached hydrogens (tertiary/aromatic N) is 1. The zero-order valence-electron chi connectivity index (χ0n) is 52.2. The molecule has 13 heteroatoms. The number of quaternary nitrogens is 1. The molecule has 1 amide bonds. The third-order valence-corrected chi connectivity index (χ3v) is 25.8. The molecular formula is C70H103N2O11+. The van der Waals surface area contributed by atoms with Crippen molar-refractivity contribution in [3.05, 3.63) is 58.2 Å². The summed E-state index contributed by atoms with van der Waals surface area (Å²) < 4.78 is 20.1. The van der Waals surface area contributed by atoms with Crippen LogP contribution in [0.5, 0.6) is 0 Å². The molecule has 0 radical (unpaired) electrons. The van der Waals surface area contributed by atoms with Crippen molar-refractivity contribution in [3.8, 4) is 0 Å². The van der Waals surface area contributed by atoms with Crippen LogP contribution in [0.2, 0.25) is 0 Å². The Labute approximate surface area is 496 Å². The van der Waals surface area contributed by atoms with Gasteiger partial charge in [-0.2, -0.15) is 9.59 Å². The summed E-state index contributed by atoms with van der Waals surface area (Å²) in [6.45, 7) is 24.7. The number of hydrogen-bond donors (Lipinski definition) is 3. The van der Waals surface area contributed by atoms with Crippen molar-refractivity contribution < 1.29 is 58.5 Å². The van der Waals surface area contributed by atoms with Crippen molar-refractivity contribution in [1.82, 2.24) is 4.90 Å². The van der Waals surface area contributed by atoms with Crippen molar-refractivity contribution in [3.63, 3.8) is 0 Å². The number of ketones is 2. The first-order valence-electron chi connectivity index (χ1n) is 32.9. The number of benzene rings is 1. The summed E-state index contributed by atoms with van der Waals surface area (Å²) in [5.74, 6) is 7.86. The van der Waals surface area contributed by atoms with E-state index >= 15 is 0 Å². The third kappa shape index (κ3) is 11.6. The Morgan fingerprint density at radius 3 is 1.75 bits per heavy atom. The Morgan fingerprint density at radius 2 is 1.24 bits per heavy atom. The van der Waals surface area contributed by atoms with E-state index < -0.39 is 11.6 Å². The fourth-order valence-corrected chi connectivity index (χ4v) is 20.8. The van der Waals surface area contributed by atoms with E-state index in [4.69, 9.17) is 34.0 Å². The second-order valence-electron chi connectivity index (χ2n) is 30.2. The fourth-order valence-electron chi connectivity index (χ4n) is 20.8. The van der Waals surface area contributed by atoms with Gasteiger partial charge in [-0.1, -0.05) is 101 Å². The minimum atomic E-state index is -1.54. The summed E-state index contributed by atoms with van der Waals surface area (Å²) in [6, 6.07) is 10.7. The number of fused-ring (bicyclic) bond motifs is 12. The molecule has 8 aliphatic carbocycles. The van der Waals surface area contributed by atoms with Crippen LogP contribution in [-0.2, 0) is 44.8 Å². The number of rotatable bonds is 4. The highest BCUT2D eigenvalue weighted by atomic mass is 16.6. The molecule has 0 aromatic heterocycles. The van der Waals surface area contributed by atoms with E-state index in [1.807, 2.05) is 40.8 Å². The molecule has 4 saturated heterocycles. The Morgan fingerprint density at radius 1 is 0.735 bits per heavy atom. The highest BCUT2D eigenvalue weighted by molar-refractivity contribution is 5.80. The first-order chi connectivity index (χ1) is 39.4. The number of aliphatic hydroxyl groups is 1. The van der Waals surface area contributed by atoms with Crippen LogP contribution in [0.15, 0.2) is 52.6 Å². The molecule has 21 atom stereocenters. The van der Waals surface area contributed by atoms with Crippen LogP contribution >= 0.6 is 0 Å². The number of allylic oxidation sites excluding steroid dienone is 2. The van der Waals surface area contributed by atoms with Crippen LogP contribution in [0.3, 0.4) is 0 Å². The van der Waals surface area contributed by atoms with Crippen LogP contribution in [0.4, 0.5) is 4.79 Å². The smallest absolute Gasteiger partial charge is 0.410 e. The van der Waals surface area contributed by atoms with Crippen molar-refractivity contribution in [2.24, 2.45) is 81.8 Å². The van der Waals surface area contributed by atoms with E-state index in [-0.39, 0.29) is 47.9 Å².